The van der Waals surface area contributed by atoms with Gasteiger partial charge in [-0.3, -0.25) is 24.4 Å². The van der Waals surface area contributed by atoms with Gasteiger partial charge in [0.25, 0.3) is 11.2 Å². The van der Waals surface area contributed by atoms with E-state index in [2.05, 4.69) is 26.9 Å². The molecule has 0 N–H and O–H groups in total. The Bertz CT molecular complexity index is 1420. The average molecular weight is 459 g/mol. The standard InChI is InChI=1S/C25H22FN5O3/c26-21-8-4-5-9-23(21)30-24(27-22-11-10-19(31(33)34)16-20(22)25(30)32)17-28-12-14-29(15-13-28)18-6-2-1-3-7-18/h1-11,16H,12-15,17H2. The summed E-state index contributed by atoms with van der Waals surface area (Å²) in [4.78, 5) is 33.2. The first kappa shape index (κ1) is 21.7. The lowest BCUT2D eigenvalue weighted by atomic mass is 10.2. The van der Waals surface area contributed by atoms with Crippen LogP contribution < -0.4 is 10.5 Å². The van der Waals surface area contributed by atoms with Crippen molar-refractivity contribution in [2.24, 2.45) is 0 Å². The number of aromatic nitrogens is 2. The van der Waals surface area contributed by atoms with Crippen molar-refractivity contribution in [3.8, 4) is 5.69 Å². The minimum absolute atomic E-state index is 0.0753. The highest BCUT2D eigenvalue weighted by Gasteiger charge is 2.22. The molecule has 2 heterocycles. The van der Waals surface area contributed by atoms with Gasteiger partial charge in [-0.1, -0.05) is 30.3 Å². The van der Waals surface area contributed by atoms with Crippen LogP contribution in [0.3, 0.4) is 0 Å². The number of benzene rings is 3. The van der Waals surface area contributed by atoms with Gasteiger partial charge in [-0.2, -0.15) is 0 Å². The van der Waals surface area contributed by atoms with Crippen molar-refractivity contribution in [2.75, 3.05) is 31.1 Å². The van der Waals surface area contributed by atoms with Crippen LogP contribution in [0, 0.1) is 15.9 Å². The van der Waals surface area contributed by atoms with Crippen molar-refractivity contribution in [3.05, 3.63) is 105 Å². The number of para-hydroxylation sites is 2. The number of anilines is 1. The second-order valence-corrected chi connectivity index (χ2v) is 8.18. The lowest BCUT2D eigenvalue weighted by Gasteiger charge is -2.36. The fraction of sp³-hybridized carbons (Fsp3) is 0.200. The number of hydrogen-bond acceptors (Lipinski definition) is 6. The predicted molar refractivity (Wildman–Crippen MR) is 128 cm³/mol. The lowest BCUT2D eigenvalue weighted by molar-refractivity contribution is -0.384. The molecule has 1 aliphatic heterocycles. The lowest BCUT2D eigenvalue weighted by Crippen LogP contribution is -2.46. The third-order valence-corrected chi connectivity index (χ3v) is 6.08. The van der Waals surface area contributed by atoms with Gasteiger partial charge in [0.2, 0.25) is 0 Å². The summed E-state index contributed by atoms with van der Waals surface area (Å²) in [6.45, 7) is 3.47. The third kappa shape index (κ3) is 4.13. The molecule has 0 amide bonds. The Kier molecular flexibility index (Phi) is 5.77. The number of nitrogens with zero attached hydrogens (tertiary/aromatic N) is 5. The van der Waals surface area contributed by atoms with E-state index in [1.807, 2.05) is 18.2 Å². The molecule has 0 bridgehead atoms. The van der Waals surface area contributed by atoms with Crippen LogP contribution in [0.2, 0.25) is 0 Å². The Hall–Kier alpha value is -4.11. The molecule has 4 aromatic rings. The van der Waals surface area contributed by atoms with Gasteiger partial charge in [0, 0.05) is 44.0 Å². The van der Waals surface area contributed by atoms with Crippen molar-refractivity contribution in [2.45, 2.75) is 6.54 Å². The molecule has 5 rings (SSSR count). The molecule has 1 fully saturated rings. The molecular weight excluding hydrogens is 437 g/mol. The molecule has 1 aromatic heterocycles. The van der Waals surface area contributed by atoms with Crippen LogP contribution >= 0.6 is 0 Å². The first-order valence-electron chi connectivity index (χ1n) is 11.0. The first-order chi connectivity index (χ1) is 16.5. The number of non-ortho nitro benzene ring substituents is 1. The van der Waals surface area contributed by atoms with Crippen LogP contribution in [0.4, 0.5) is 15.8 Å². The molecule has 0 atom stereocenters. The summed E-state index contributed by atoms with van der Waals surface area (Å²) >= 11 is 0. The number of halogens is 1. The van der Waals surface area contributed by atoms with Crippen LogP contribution in [0.15, 0.2) is 77.6 Å². The van der Waals surface area contributed by atoms with E-state index in [-0.39, 0.29) is 16.8 Å². The minimum Gasteiger partial charge on any atom is -0.369 e. The Labute approximate surface area is 194 Å². The maximum atomic E-state index is 14.7. The van der Waals surface area contributed by atoms with E-state index in [9.17, 15) is 19.3 Å². The molecule has 0 saturated carbocycles. The van der Waals surface area contributed by atoms with Gasteiger partial charge < -0.3 is 4.90 Å². The van der Waals surface area contributed by atoms with Crippen LogP contribution in [-0.2, 0) is 6.54 Å². The highest BCUT2D eigenvalue weighted by molar-refractivity contribution is 5.80. The molecule has 3 aromatic carbocycles. The monoisotopic (exact) mass is 459 g/mol. The summed E-state index contributed by atoms with van der Waals surface area (Å²) in [5, 5.41) is 11.3. The number of fused-ring (bicyclic) bond motifs is 1. The van der Waals surface area contributed by atoms with E-state index in [0.29, 0.717) is 17.9 Å². The van der Waals surface area contributed by atoms with Gasteiger partial charge in [0.15, 0.2) is 0 Å². The number of hydrogen-bond donors (Lipinski definition) is 0. The molecule has 8 nitrogen and oxygen atoms in total. The molecule has 0 radical (unpaired) electrons. The summed E-state index contributed by atoms with van der Waals surface area (Å²) in [6.07, 6.45) is 0. The molecule has 0 aliphatic carbocycles. The number of rotatable bonds is 5. The first-order valence-corrected chi connectivity index (χ1v) is 11.0. The fourth-order valence-corrected chi connectivity index (χ4v) is 4.32. The fourth-order valence-electron chi connectivity index (χ4n) is 4.32. The maximum absolute atomic E-state index is 14.7. The van der Waals surface area contributed by atoms with Gasteiger partial charge in [-0.25, -0.2) is 9.37 Å². The number of piperazine rings is 1. The molecule has 9 heteroatoms. The highest BCUT2D eigenvalue weighted by Crippen LogP contribution is 2.22. The topological polar surface area (TPSA) is 84.5 Å². The zero-order valence-electron chi connectivity index (χ0n) is 18.3. The SMILES string of the molecule is O=c1c2cc([N+](=O)[O-])ccc2nc(CN2CCN(c3ccccc3)CC2)n1-c1ccccc1F. The predicted octanol–water partition coefficient (Wildman–Crippen LogP) is 3.76. The van der Waals surface area contributed by atoms with Crippen molar-refractivity contribution < 1.29 is 9.31 Å². The van der Waals surface area contributed by atoms with Crippen LogP contribution in [0.25, 0.3) is 16.6 Å². The summed E-state index contributed by atoms with van der Waals surface area (Å²) in [6, 6.07) is 20.1. The second-order valence-electron chi connectivity index (χ2n) is 8.18. The smallest absolute Gasteiger partial charge is 0.270 e. The van der Waals surface area contributed by atoms with Crippen molar-refractivity contribution in [1.29, 1.82) is 0 Å². The number of nitro benzene ring substituents is 1. The Balaban J connectivity index is 1.52. The summed E-state index contributed by atoms with van der Waals surface area (Å²) in [7, 11) is 0. The van der Waals surface area contributed by atoms with Gasteiger partial charge in [-0.05, 0) is 30.3 Å². The maximum Gasteiger partial charge on any atom is 0.270 e. The molecule has 0 spiro atoms. The summed E-state index contributed by atoms with van der Waals surface area (Å²) in [5.41, 5.74) is 0.844. The Morgan fingerprint density at radius 2 is 1.65 bits per heavy atom. The van der Waals surface area contributed by atoms with Crippen molar-refractivity contribution >= 4 is 22.3 Å². The Morgan fingerprint density at radius 3 is 2.35 bits per heavy atom. The molecule has 1 saturated heterocycles. The van der Waals surface area contributed by atoms with Crippen LogP contribution in [-0.4, -0.2) is 45.6 Å². The summed E-state index contributed by atoms with van der Waals surface area (Å²) in [5.74, 6) is -0.170. The van der Waals surface area contributed by atoms with E-state index in [1.54, 1.807) is 12.1 Å². The van der Waals surface area contributed by atoms with E-state index >= 15 is 0 Å². The van der Waals surface area contributed by atoms with Crippen LogP contribution in [0.1, 0.15) is 5.82 Å². The van der Waals surface area contributed by atoms with E-state index < -0.39 is 16.3 Å². The zero-order valence-corrected chi connectivity index (χ0v) is 18.3. The summed E-state index contributed by atoms with van der Waals surface area (Å²) < 4.78 is 16.0. The largest absolute Gasteiger partial charge is 0.369 e. The van der Waals surface area contributed by atoms with Gasteiger partial charge in [0.05, 0.1) is 28.1 Å². The van der Waals surface area contributed by atoms with Crippen molar-refractivity contribution in [1.82, 2.24) is 14.5 Å². The van der Waals surface area contributed by atoms with E-state index in [1.165, 1.54) is 34.9 Å². The molecular formula is C25H22FN5O3. The van der Waals surface area contributed by atoms with Crippen molar-refractivity contribution in [3.63, 3.8) is 0 Å². The highest BCUT2D eigenvalue weighted by atomic mass is 19.1. The molecule has 0 unspecified atom stereocenters. The quantitative estimate of drug-likeness (QED) is 0.334. The number of nitro groups is 1. The van der Waals surface area contributed by atoms with Gasteiger partial charge in [-0.15, -0.1) is 0 Å². The van der Waals surface area contributed by atoms with E-state index in [4.69, 9.17) is 0 Å². The minimum atomic E-state index is -0.564. The van der Waals surface area contributed by atoms with Gasteiger partial charge in [0.1, 0.15) is 11.6 Å². The molecule has 172 valence electrons. The third-order valence-electron chi connectivity index (χ3n) is 6.08. The molecule has 34 heavy (non-hydrogen) atoms. The van der Waals surface area contributed by atoms with E-state index in [0.717, 1.165) is 31.9 Å². The van der Waals surface area contributed by atoms with Gasteiger partial charge >= 0.3 is 0 Å². The second kappa shape index (κ2) is 9.03. The van der Waals surface area contributed by atoms with Crippen LogP contribution in [0.5, 0.6) is 0 Å². The average Bonchev–Trinajstić information content (AvgIpc) is 2.86. The normalized spacial score (nSPS) is 14.4. The Morgan fingerprint density at radius 1 is 0.941 bits per heavy atom. The zero-order chi connectivity index (χ0) is 23.7. The molecule has 1 aliphatic rings.